The van der Waals surface area contributed by atoms with Gasteiger partial charge in [-0.25, -0.2) is 0 Å². The van der Waals surface area contributed by atoms with Crippen molar-refractivity contribution in [3.8, 4) is 0 Å². The van der Waals surface area contributed by atoms with Crippen LogP contribution in [0.1, 0.15) is 30.4 Å². The highest BCUT2D eigenvalue weighted by atomic mass is 16.5. The van der Waals surface area contributed by atoms with Crippen LogP contribution in [0.5, 0.6) is 0 Å². The fourth-order valence-corrected chi connectivity index (χ4v) is 1.35. The topological polar surface area (TPSA) is 26.3 Å². The number of hydrogen-bond acceptors (Lipinski definition) is 2. The molecule has 0 amide bonds. The third-order valence-electron chi connectivity index (χ3n) is 2.35. The van der Waals surface area contributed by atoms with Gasteiger partial charge in [0.1, 0.15) is 0 Å². The molecule has 0 aliphatic heterocycles. The third kappa shape index (κ3) is 2.87. The molecule has 0 aliphatic rings. The molecule has 14 heavy (non-hydrogen) atoms. The minimum Gasteiger partial charge on any atom is -0.469 e. The summed E-state index contributed by atoms with van der Waals surface area (Å²) in [6.07, 6.45) is 0.444. The second-order valence-corrected chi connectivity index (χ2v) is 3.59. The largest absolute Gasteiger partial charge is 0.469 e. The van der Waals surface area contributed by atoms with E-state index in [2.05, 4.69) is 35.9 Å². The average molecular weight is 192 g/mol. The van der Waals surface area contributed by atoms with Crippen molar-refractivity contribution >= 4 is 5.97 Å². The maximum absolute atomic E-state index is 11.0. The number of rotatable bonds is 3. The Morgan fingerprint density at radius 3 is 2.43 bits per heavy atom. The minimum absolute atomic E-state index is 0.155. The minimum atomic E-state index is -0.155. The molecular weight excluding hydrogens is 176 g/mol. The molecule has 0 saturated carbocycles. The molecule has 0 fully saturated rings. The van der Waals surface area contributed by atoms with E-state index < -0.39 is 0 Å². The Morgan fingerprint density at radius 1 is 1.36 bits per heavy atom. The lowest BCUT2D eigenvalue weighted by molar-refractivity contribution is -0.140. The van der Waals surface area contributed by atoms with Crippen LogP contribution < -0.4 is 0 Å². The van der Waals surface area contributed by atoms with Crippen LogP contribution in [0.15, 0.2) is 24.3 Å². The third-order valence-corrected chi connectivity index (χ3v) is 2.35. The van der Waals surface area contributed by atoms with Crippen molar-refractivity contribution in [1.82, 2.24) is 0 Å². The fourth-order valence-electron chi connectivity index (χ4n) is 1.35. The zero-order valence-corrected chi connectivity index (χ0v) is 8.91. The van der Waals surface area contributed by atoms with E-state index in [1.54, 1.807) is 0 Å². The number of carbonyl (C=O) groups is 1. The number of esters is 1. The Morgan fingerprint density at radius 2 is 1.93 bits per heavy atom. The van der Waals surface area contributed by atoms with E-state index in [1.165, 1.54) is 18.2 Å². The lowest BCUT2D eigenvalue weighted by atomic mass is 9.97. The highest BCUT2D eigenvalue weighted by molar-refractivity contribution is 5.70. The van der Waals surface area contributed by atoms with Gasteiger partial charge in [-0.15, -0.1) is 0 Å². The van der Waals surface area contributed by atoms with Gasteiger partial charge in [0.05, 0.1) is 13.5 Å². The molecular formula is C12H16O2. The molecule has 1 aromatic rings. The molecule has 2 heteroatoms. The van der Waals surface area contributed by atoms with Crippen LogP contribution in [0.4, 0.5) is 0 Å². The molecule has 0 saturated heterocycles. The second kappa shape index (κ2) is 4.80. The summed E-state index contributed by atoms with van der Waals surface area (Å²) in [5, 5.41) is 0. The monoisotopic (exact) mass is 192 g/mol. The molecule has 0 bridgehead atoms. The molecule has 2 nitrogen and oxygen atoms in total. The molecule has 1 rings (SSSR count). The van der Waals surface area contributed by atoms with E-state index in [1.807, 2.05) is 6.92 Å². The summed E-state index contributed by atoms with van der Waals surface area (Å²) >= 11 is 0. The Labute approximate surface area is 84.9 Å². The molecule has 0 spiro atoms. The molecule has 0 unspecified atom stereocenters. The summed E-state index contributed by atoms with van der Waals surface area (Å²) in [5.41, 5.74) is 2.42. The normalized spacial score (nSPS) is 12.2. The number of benzene rings is 1. The van der Waals surface area contributed by atoms with Crippen molar-refractivity contribution in [2.45, 2.75) is 26.2 Å². The first kappa shape index (κ1) is 10.8. The van der Waals surface area contributed by atoms with Gasteiger partial charge in [-0.2, -0.15) is 0 Å². The van der Waals surface area contributed by atoms with E-state index in [-0.39, 0.29) is 11.9 Å². The van der Waals surface area contributed by atoms with Crippen LogP contribution in [0, 0.1) is 6.92 Å². The van der Waals surface area contributed by atoms with E-state index >= 15 is 0 Å². The summed E-state index contributed by atoms with van der Waals surface area (Å²) in [5.74, 6) is 0.0705. The predicted octanol–water partition coefficient (Wildman–Crippen LogP) is 2.66. The van der Waals surface area contributed by atoms with E-state index in [9.17, 15) is 4.79 Å². The summed E-state index contributed by atoms with van der Waals surface area (Å²) in [7, 11) is 1.42. The molecule has 0 heterocycles. The smallest absolute Gasteiger partial charge is 0.306 e. The lowest BCUT2D eigenvalue weighted by Gasteiger charge is -2.10. The molecule has 0 aromatic heterocycles. The van der Waals surface area contributed by atoms with Crippen LogP contribution in [0.25, 0.3) is 0 Å². The van der Waals surface area contributed by atoms with Crippen molar-refractivity contribution < 1.29 is 9.53 Å². The maximum Gasteiger partial charge on any atom is 0.306 e. The van der Waals surface area contributed by atoms with Crippen molar-refractivity contribution in [2.24, 2.45) is 0 Å². The first-order valence-electron chi connectivity index (χ1n) is 4.77. The van der Waals surface area contributed by atoms with Gasteiger partial charge in [-0.1, -0.05) is 36.8 Å². The van der Waals surface area contributed by atoms with Crippen LogP contribution >= 0.6 is 0 Å². The first-order valence-corrected chi connectivity index (χ1v) is 4.77. The van der Waals surface area contributed by atoms with E-state index in [0.29, 0.717) is 6.42 Å². The van der Waals surface area contributed by atoms with Crippen molar-refractivity contribution in [1.29, 1.82) is 0 Å². The second-order valence-electron chi connectivity index (χ2n) is 3.59. The van der Waals surface area contributed by atoms with Gasteiger partial charge in [0.15, 0.2) is 0 Å². The van der Waals surface area contributed by atoms with Crippen LogP contribution in [0.3, 0.4) is 0 Å². The Kier molecular flexibility index (Phi) is 3.69. The molecule has 0 radical (unpaired) electrons. The summed E-state index contributed by atoms with van der Waals surface area (Å²) in [6, 6.07) is 8.23. The van der Waals surface area contributed by atoms with Crippen molar-refractivity contribution in [3.63, 3.8) is 0 Å². The zero-order chi connectivity index (χ0) is 10.6. The first-order chi connectivity index (χ1) is 6.63. The highest BCUT2D eigenvalue weighted by Crippen LogP contribution is 2.19. The number of carbonyl (C=O) groups excluding carboxylic acids is 1. The van der Waals surface area contributed by atoms with Crippen molar-refractivity contribution in [3.05, 3.63) is 35.4 Å². The molecule has 76 valence electrons. The standard InChI is InChI=1S/C12H16O2/c1-9-4-6-11(7-5-9)10(2)8-12(13)14-3/h4-7,10H,8H2,1-3H3/t10-/m1/s1. The number of hydrogen-bond donors (Lipinski definition) is 0. The predicted molar refractivity (Wildman–Crippen MR) is 56.2 cm³/mol. The summed E-state index contributed by atoms with van der Waals surface area (Å²) in [6.45, 7) is 4.08. The quantitative estimate of drug-likeness (QED) is 0.688. The van der Waals surface area contributed by atoms with E-state index in [0.717, 1.165) is 0 Å². The van der Waals surface area contributed by atoms with E-state index in [4.69, 9.17) is 0 Å². The van der Waals surface area contributed by atoms with Gasteiger partial charge >= 0.3 is 5.97 Å². The Hall–Kier alpha value is -1.31. The highest BCUT2D eigenvalue weighted by Gasteiger charge is 2.10. The molecule has 1 atom stereocenters. The van der Waals surface area contributed by atoms with Gasteiger partial charge in [-0.3, -0.25) is 4.79 Å². The summed E-state index contributed by atoms with van der Waals surface area (Å²) < 4.78 is 4.63. The van der Waals surface area contributed by atoms with Gasteiger partial charge in [0.2, 0.25) is 0 Å². The molecule has 0 aliphatic carbocycles. The van der Waals surface area contributed by atoms with Gasteiger partial charge in [0.25, 0.3) is 0 Å². The van der Waals surface area contributed by atoms with Crippen molar-refractivity contribution in [2.75, 3.05) is 7.11 Å². The van der Waals surface area contributed by atoms with Gasteiger partial charge in [-0.05, 0) is 18.4 Å². The Balaban J connectivity index is 2.65. The summed E-state index contributed by atoms with van der Waals surface area (Å²) in [4.78, 5) is 11.0. The average Bonchev–Trinajstić information content (AvgIpc) is 2.18. The van der Waals surface area contributed by atoms with Gasteiger partial charge in [0, 0.05) is 0 Å². The zero-order valence-electron chi connectivity index (χ0n) is 8.91. The maximum atomic E-state index is 11.0. The SMILES string of the molecule is COC(=O)C[C@@H](C)c1ccc(C)cc1. The van der Waals surface area contributed by atoms with Crippen LogP contribution in [0.2, 0.25) is 0 Å². The lowest BCUT2D eigenvalue weighted by Crippen LogP contribution is -2.05. The number of ether oxygens (including phenoxy) is 1. The molecule has 1 aromatic carbocycles. The fraction of sp³-hybridized carbons (Fsp3) is 0.417. The number of aryl methyl sites for hydroxylation is 1. The molecule has 0 N–H and O–H groups in total. The Bertz CT molecular complexity index is 301. The number of methoxy groups -OCH3 is 1. The van der Waals surface area contributed by atoms with Gasteiger partial charge < -0.3 is 4.74 Å². The van der Waals surface area contributed by atoms with Crippen LogP contribution in [-0.4, -0.2) is 13.1 Å². The van der Waals surface area contributed by atoms with Crippen LogP contribution in [-0.2, 0) is 9.53 Å².